The number of phenols is 1. The molecule has 0 unspecified atom stereocenters. The standard InChI is InChI=1S/C23H23N5O2/c1-2-13-8-17(30)4-6-18(13)14-3-5-19-20(9-14)27-28-22(19)23-25-11-21(26-23)15-7-16(12-29)24-10-15/h3-9,11,16,24,29-30H,2,10,12H2,1H3,(H,25,26)(H,27,28)/t16-/m0/s1. The smallest absolute Gasteiger partial charge is 0.159 e. The predicted octanol–water partition coefficient (Wildman–Crippen LogP) is 3.24. The van der Waals surface area contributed by atoms with Gasteiger partial charge in [-0.15, -0.1) is 0 Å². The molecule has 152 valence electrons. The third kappa shape index (κ3) is 3.18. The highest BCUT2D eigenvalue weighted by Crippen LogP contribution is 2.32. The van der Waals surface area contributed by atoms with E-state index in [9.17, 15) is 10.2 Å². The highest BCUT2D eigenvalue weighted by atomic mass is 16.3. The fraction of sp³-hybridized carbons (Fsp3) is 0.217. The monoisotopic (exact) mass is 401 g/mol. The van der Waals surface area contributed by atoms with Crippen molar-refractivity contribution < 1.29 is 10.2 Å². The molecule has 0 fully saturated rings. The summed E-state index contributed by atoms with van der Waals surface area (Å²) in [5, 5.41) is 30.9. The summed E-state index contributed by atoms with van der Waals surface area (Å²) in [5.41, 5.74) is 7.00. The van der Waals surface area contributed by atoms with E-state index in [-0.39, 0.29) is 18.4 Å². The molecule has 3 heterocycles. The van der Waals surface area contributed by atoms with Crippen LogP contribution in [0.3, 0.4) is 0 Å². The van der Waals surface area contributed by atoms with Gasteiger partial charge in [-0.1, -0.05) is 25.1 Å². The third-order valence-corrected chi connectivity index (χ3v) is 5.64. The van der Waals surface area contributed by atoms with Crippen molar-refractivity contribution in [2.45, 2.75) is 19.4 Å². The van der Waals surface area contributed by atoms with Crippen LogP contribution in [-0.2, 0) is 6.42 Å². The number of aryl methyl sites for hydroxylation is 1. The zero-order valence-electron chi connectivity index (χ0n) is 16.6. The van der Waals surface area contributed by atoms with E-state index in [1.54, 1.807) is 12.3 Å². The van der Waals surface area contributed by atoms with Gasteiger partial charge in [-0.05, 0) is 52.9 Å². The normalized spacial score (nSPS) is 16.3. The van der Waals surface area contributed by atoms with Crippen molar-refractivity contribution in [1.82, 2.24) is 25.5 Å². The first kappa shape index (κ1) is 18.6. The second kappa shape index (κ2) is 7.44. The van der Waals surface area contributed by atoms with E-state index in [1.165, 1.54) is 0 Å². The van der Waals surface area contributed by atoms with Crippen LogP contribution in [0.25, 0.3) is 39.1 Å². The van der Waals surface area contributed by atoms with Crippen molar-refractivity contribution in [3.63, 3.8) is 0 Å². The average Bonchev–Trinajstić information content (AvgIpc) is 3.51. The van der Waals surface area contributed by atoms with Gasteiger partial charge in [0.2, 0.25) is 0 Å². The Kier molecular flexibility index (Phi) is 4.61. The van der Waals surface area contributed by atoms with Gasteiger partial charge < -0.3 is 20.5 Å². The van der Waals surface area contributed by atoms with Crippen molar-refractivity contribution in [2.24, 2.45) is 0 Å². The lowest BCUT2D eigenvalue weighted by atomic mass is 9.97. The maximum Gasteiger partial charge on any atom is 0.159 e. The predicted molar refractivity (Wildman–Crippen MR) is 117 cm³/mol. The molecule has 0 saturated heterocycles. The lowest BCUT2D eigenvalue weighted by Crippen LogP contribution is -2.25. The number of aliphatic hydroxyl groups is 1. The Morgan fingerprint density at radius 2 is 2.07 bits per heavy atom. The molecule has 0 aliphatic carbocycles. The van der Waals surface area contributed by atoms with Gasteiger partial charge in [0.15, 0.2) is 5.82 Å². The van der Waals surface area contributed by atoms with Gasteiger partial charge in [0, 0.05) is 18.0 Å². The number of phenolic OH excluding ortho intramolecular Hbond substituents is 1. The number of H-pyrrole nitrogens is 2. The maximum absolute atomic E-state index is 9.78. The topological polar surface area (TPSA) is 110 Å². The lowest BCUT2D eigenvalue weighted by molar-refractivity contribution is 0.271. The van der Waals surface area contributed by atoms with Crippen LogP contribution in [0.1, 0.15) is 18.2 Å². The fourth-order valence-electron chi connectivity index (χ4n) is 4.03. The first-order valence-corrected chi connectivity index (χ1v) is 10.1. The van der Waals surface area contributed by atoms with Gasteiger partial charge >= 0.3 is 0 Å². The second-order valence-electron chi connectivity index (χ2n) is 7.53. The van der Waals surface area contributed by atoms with E-state index in [4.69, 9.17) is 0 Å². The number of nitrogens with one attached hydrogen (secondary N) is 3. The third-order valence-electron chi connectivity index (χ3n) is 5.64. The minimum atomic E-state index is -0.00991. The average molecular weight is 401 g/mol. The second-order valence-corrected chi connectivity index (χ2v) is 7.53. The molecule has 0 amide bonds. The van der Waals surface area contributed by atoms with E-state index in [0.717, 1.165) is 51.0 Å². The van der Waals surface area contributed by atoms with Crippen LogP contribution in [0.4, 0.5) is 0 Å². The van der Waals surface area contributed by atoms with Crippen molar-refractivity contribution in [2.75, 3.05) is 13.2 Å². The number of imidazole rings is 1. The van der Waals surface area contributed by atoms with Crippen LogP contribution >= 0.6 is 0 Å². The molecule has 0 bridgehead atoms. The molecule has 0 spiro atoms. The number of rotatable bonds is 5. The van der Waals surface area contributed by atoms with Crippen molar-refractivity contribution in [3.05, 3.63) is 59.9 Å². The highest BCUT2D eigenvalue weighted by molar-refractivity contribution is 5.94. The summed E-state index contributed by atoms with van der Waals surface area (Å²) in [6.45, 7) is 2.86. The van der Waals surface area contributed by atoms with E-state index in [1.807, 2.05) is 18.2 Å². The highest BCUT2D eigenvalue weighted by Gasteiger charge is 2.18. The molecule has 30 heavy (non-hydrogen) atoms. The van der Waals surface area contributed by atoms with Gasteiger partial charge in [0.05, 0.1) is 24.0 Å². The van der Waals surface area contributed by atoms with Crippen LogP contribution in [0.15, 0.2) is 48.7 Å². The molecule has 4 aromatic rings. The summed E-state index contributed by atoms with van der Waals surface area (Å²) in [6, 6.07) is 11.7. The molecule has 1 aliphatic rings. The zero-order valence-corrected chi connectivity index (χ0v) is 16.6. The molecule has 0 saturated carbocycles. The molecule has 7 heteroatoms. The summed E-state index contributed by atoms with van der Waals surface area (Å²) in [4.78, 5) is 7.88. The Balaban J connectivity index is 1.50. The number of hydrogen-bond donors (Lipinski definition) is 5. The molecule has 5 N–H and O–H groups in total. The molecule has 1 atom stereocenters. The number of nitrogens with zero attached hydrogens (tertiary/aromatic N) is 2. The molecule has 5 rings (SSSR count). The minimum absolute atomic E-state index is 0.00991. The molecular weight excluding hydrogens is 378 g/mol. The van der Waals surface area contributed by atoms with E-state index < -0.39 is 0 Å². The number of hydrogen-bond acceptors (Lipinski definition) is 5. The molecule has 1 aliphatic heterocycles. The molecular formula is C23H23N5O2. The number of aliphatic hydroxyl groups excluding tert-OH is 1. The first-order valence-electron chi connectivity index (χ1n) is 10.1. The quantitative estimate of drug-likeness (QED) is 0.353. The Labute approximate surface area is 173 Å². The van der Waals surface area contributed by atoms with Crippen LogP contribution in [0.2, 0.25) is 0 Å². The Morgan fingerprint density at radius 1 is 1.17 bits per heavy atom. The number of aromatic amines is 2. The van der Waals surface area contributed by atoms with Crippen molar-refractivity contribution >= 4 is 16.5 Å². The van der Waals surface area contributed by atoms with Gasteiger partial charge in [-0.3, -0.25) is 5.10 Å². The Hall–Kier alpha value is -3.42. The summed E-state index contributed by atoms with van der Waals surface area (Å²) in [6.07, 6.45) is 4.67. The largest absolute Gasteiger partial charge is 0.508 e. The van der Waals surface area contributed by atoms with Crippen LogP contribution in [0, 0.1) is 0 Å². The first-order chi connectivity index (χ1) is 14.7. The van der Waals surface area contributed by atoms with E-state index >= 15 is 0 Å². The van der Waals surface area contributed by atoms with E-state index in [2.05, 4.69) is 50.6 Å². The van der Waals surface area contributed by atoms with Crippen molar-refractivity contribution in [3.8, 4) is 28.4 Å². The summed E-state index contributed by atoms with van der Waals surface area (Å²) in [7, 11) is 0. The zero-order chi connectivity index (χ0) is 20.7. The van der Waals surface area contributed by atoms with Crippen molar-refractivity contribution in [1.29, 1.82) is 0 Å². The number of benzene rings is 2. The van der Waals surface area contributed by atoms with Gasteiger partial charge in [-0.25, -0.2) is 4.98 Å². The molecule has 2 aromatic carbocycles. The van der Waals surface area contributed by atoms with Crippen LogP contribution in [0.5, 0.6) is 5.75 Å². The van der Waals surface area contributed by atoms with Crippen LogP contribution < -0.4 is 5.32 Å². The van der Waals surface area contributed by atoms with Gasteiger partial charge in [-0.2, -0.15) is 5.10 Å². The summed E-state index contributed by atoms with van der Waals surface area (Å²) < 4.78 is 0. The fourth-order valence-corrected chi connectivity index (χ4v) is 4.03. The number of aromatic hydroxyl groups is 1. The number of aromatic nitrogens is 4. The SMILES string of the molecule is CCc1cc(O)ccc1-c1ccc2c(-c3ncc(C4=C[C@@H](CO)NC4)[nH]3)n[nH]c2c1. The minimum Gasteiger partial charge on any atom is -0.508 e. The molecule has 7 nitrogen and oxygen atoms in total. The maximum atomic E-state index is 9.78. The molecule has 0 radical (unpaired) electrons. The Bertz CT molecular complexity index is 1250. The number of fused-ring (bicyclic) bond motifs is 1. The molecule has 2 aromatic heterocycles. The van der Waals surface area contributed by atoms with Gasteiger partial charge in [0.25, 0.3) is 0 Å². The lowest BCUT2D eigenvalue weighted by Gasteiger charge is -2.09. The van der Waals surface area contributed by atoms with E-state index in [0.29, 0.717) is 12.4 Å². The van der Waals surface area contributed by atoms with Crippen LogP contribution in [-0.4, -0.2) is 49.6 Å². The summed E-state index contributed by atoms with van der Waals surface area (Å²) in [5.74, 6) is 0.989. The summed E-state index contributed by atoms with van der Waals surface area (Å²) >= 11 is 0. The van der Waals surface area contributed by atoms with Gasteiger partial charge in [0.1, 0.15) is 11.4 Å². The Morgan fingerprint density at radius 3 is 2.87 bits per heavy atom.